The van der Waals surface area contributed by atoms with E-state index < -0.39 is 0 Å². The van der Waals surface area contributed by atoms with Crippen LogP contribution in [0.4, 0.5) is 0 Å². The minimum atomic E-state index is 1.02. The van der Waals surface area contributed by atoms with Crippen molar-refractivity contribution in [2.75, 3.05) is 0 Å². The molecule has 1 unspecified atom stereocenters. The molecule has 3 aliphatic rings. The van der Waals surface area contributed by atoms with Crippen molar-refractivity contribution in [2.24, 2.45) is 29.6 Å². The van der Waals surface area contributed by atoms with Crippen LogP contribution in [0.1, 0.15) is 156 Å². The molecule has 3 rings (SSSR count). The lowest BCUT2D eigenvalue weighted by Crippen LogP contribution is -2.22. The van der Waals surface area contributed by atoms with Crippen LogP contribution in [0.5, 0.6) is 0 Å². The van der Waals surface area contributed by atoms with Gasteiger partial charge in [-0.05, 0) is 36.0 Å². The standard InChI is InChI=1S/C20H38.C9H18/c1-2-3-4-9-16-20(19-14-10-6-11-15-19)17-18-12-7-5-8-13-18;1-3-9-6-4-8(2)5-7-9/h18-20H,2-17H2,1H3;8-9H,3-7H2,1-2H3. The molecule has 29 heavy (non-hydrogen) atoms. The van der Waals surface area contributed by atoms with E-state index >= 15 is 0 Å². The summed E-state index contributed by atoms with van der Waals surface area (Å²) in [5.41, 5.74) is 0. The van der Waals surface area contributed by atoms with Crippen LogP contribution in [0.25, 0.3) is 0 Å². The third kappa shape index (κ3) is 10.7. The SMILES string of the molecule is CCC1CCC(C)CC1.CCCCCCC(CC1CCCCC1)C1CCCCC1. The van der Waals surface area contributed by atoms with Crippen molar-refractivity contribution in [3.63, 3.8) is 0 Å². The Morgan fingerprint density at radius 3 is 1.83 bits per heavy atom. The van der Waals surface area contributed by atoms with E-state index in [0.29, 0.717) is 0 Å². The first-order chi connectivity index (χ1) is 14.2. The minimum Gasteiger partial charge on any atom is -0.0654 e. The molecule has 0 aromatic rings. The predicted octanol–water partition coefficient (Wildman–Crippen LogP) is 10.3. The Bertz CT molecular complexity index is 352. The lowest BCUT2D eigenvalue weighted by molar-refractivity contribution is 0.177. The van der Waals surface area contributed by atoms with E-state index in [1.54, 1.807) is 38.5 Å². The van der Waals surface area contributed by atoms with Crippen LogP contribution in [0, 0.1) is 29.6 Å². The Labute approximate surface area is 185 Å². The van der Waals surface area contributed by atoms with E-state index in [0.717, 1.165) is 29.6 Å². The average molecular weight is 405 g/mol. The van der Waals surface area contributed by atoms with Crippen LogP contribution in [0.15, 0.2) is 0 Å². The molecular formula is C29H56. The summed E-state index contributed by atoms with van der Waals surface area (Å²) in [4.78, 5) is 0. The lowest BCUT2D eigenvalue weighted by atomic mass is 9.72. The molecular weight excluding hydrogens is 348 g/mol. The first-order valence-electron chi connectivity index (χ1n) is 14.2. The van der Waals surface area contributed by atoms with Crippen molar-refractivity contribution in [1.82, 2.24) is 0 Å². The maximum atomic E-state index is 2.38. The third-order valence-electron chi connectivity index (χ3n) is 8.82. The van der Waals surface area contributed by atoms with Crippen molar-refractivity contribution >= 4 is 0 Å². The summed E-state index contributed by atoms with van der Waals surface area (Å²) in [6, 6.07) is 0. The van der Waals surface area contributed by atoms with E-state index in [-0.39, 0.29) is 0 Å². The molecule has 0 aromatic carbocycles. The van der Waals surface area contributed by atoms with Gasteiger partial charge in [0.2, 0.25) is 0 Å². The van der Waals surface area contributed by atoms with E-state index in [1.165, 1.54) is 96.3 Å². The zero-order valence-corrected chi connectivity index (χ0v) is 20.7. The molecule has 0 aromatic heterocycles. The van der Waals surface area contributed by atoms with E-state index in [1.807, 2.05) is 0 Å². The van der Waals surface area contributed by atoms with Crippen molar-refractivity contribution in [2.45, 2.75) is 156 Å². The van der Waals surface area contributed by atoms with Crippen LogP contribution >= 0.6 is 0 Å². The van der Waals surface area contributed by atoms with Gasteiger partial charge in [-0.3, -0.25) is 0 Å². The van der Waals surface area contributed by atoms with Gasteiger partial charge >= 0.3 is 0 Å². The second-order valence-corrected chi connectivity index (χ2v) is 11.3. The quantitative estimate of drug-likeness (QED) is 0.335. The van der Waals surface area contributed by atoms with Crippen LogP contribution in [-0.2, 0) is 0 Å². The average Bonchev–Trinajstić information content (AvgIpc) is 2.78. The second-order valence-electron chi connectivity index (χ2n) is 11.3. The summed E-state index contributed by atoms with van der Waals surface area (Å²) in [7, 11) is 0. The minimum absolute atomic E-state index is 1.02. The zero-order chi connectivity index (χ0) is 20.7. The fourth-order valence-electron chi connectivity index (χ4n) is 6.57. The Balaban J connectivity index is 0.000000278. The van der Waals surface area contributed by atoms with Crippen LogP contribution < -0.4 is 0 Å². The monoisotopic (exact) mass is 404 g/mol. The predicted molar refractivity (Wildman–Crippen MR) is 131 cm³/mol. The van der Waals surface area contributed by atoms with Gasteiger partial charge in [0.05, 0.1) is 0 Å². The molecule has 172 valence electrons. The highest BCUT2D eigenvalue weighted by Gasteiger charge is 2.26. The van der Waals surface area contributed by atoms with Gasteiger partial charge in [-0.15, -0.1) is 0 Å². The maximum Gasteiger partial charge on any atom is -0.0383 e. The summed E-state index contributed by atoms with van der Waals surface area (Å²) < 4.78 is 0. The summed E-state index contributed by atoms with van der Waals surface area (Å²) in [6.45, 7) is 7.03. The van der Waals surface area contributed by atoms with E-state index in [2.05, 4.69) is 20.8 Å². The molecule has 0 saturated heterocycles. The molecule has 0 aliphatic heterocycles. The molecule has 0 N–H and O–H groups in total. The number of hydrogen-bond donors (Lipinski definition) is 0. The second kappa shape index (κ2) is 15.8. The van der Waals surface area contributed by atoms with Gasteiger partial charge in [0.1, 0.15) is 0 Å². The summed E-state index contributed by atoms with van der Waals surface area (Å²) in [6.07, 6.45) is 31.7. The van der Waals surface area contributed by atoms with E-state index in [4.69, 9.17) is 0 Å². The smallest absolute Gasteiger partial charge is 0.0383 e. The highest BCUT2D eigenvalue weighted by atomic mass is 14.3. The van der Waals surface area contributed by atoms with Crippen molar-refractivity contribution < 1.29 is 0 Å². The summed E-state index contributed by atoms with van der Waals surface area (Å²) in [5, 5.41) is 0. The maximum absolute atomic E-state index is 2.38. The van der Waals surface area contributed by atoms with Gasteiger partial charge < -0.3 is 0 Å². The van der Waals surface area contributed by atoms with Gasteiger partial charge in [-0.1, -0.05) is 149 Å². The van der Waals surface area contributed by atoms with Gasteiger partial charge in [-0.25, -0.2) is 0 Å². The number of unbranched alkanes of at least 4 members (excludes halogenated alkanes) is 3. The largest absolute Gasteiger partial charge is 0.0654 e. The van der Waals surface area contributed by atoms with Crippen LogP contribution in [-0.4, -0.2) is 0 Å². The van der Waals surface area contributed by atoms with Crippen molar-refractivity contribution in [3.8, 4) is 0 Å². The van der Waals surface area contributed by atoms with Crippen LogP contribution in [0.3, 0.4) is 0 Å². The van der Waals surface area contributed by atoms with E-state index in [9.17, 15) is 0 Å². The lowest BCUT2D eigenvalue weighted by Gasteiger charge is -2.34. The fourth-order valence-corrected chi connectivity index (χ4v) is 6.57. The molecule has 0 spiro atoms. The van der Waals surface area contributed by atoms with Gasteiger partial charge in [0, 0.05) is 0 Å². The molecule has 0 heterocycles. The molecule has 0 radical (unpaired) electrons. The van der Waals surface area contributed by atoms with Crippen LogP contribution in [0.2, 0.25) is 0 Å². The fraction of sp³-hybridized carbons (Fsp3) is 1.00. The molecule has 1 atom stereocenters. The Morgan fingerprint density at radius 1 is 0.621 bits per heavy atom. The molecule has 0 amide bonds. The van der Waals surface area contributed by atoms with Gasteiger partial charge in [0.15, 0.2) is 0 Å². The first kappa shape index (κ1) is 25.3. The zero-order valence-electron chi connectivity index (χ0n) is 20.7. The number of rotatable bonds is 9. The number of hydrogen-bond acceptors (Lipinski definition) is 0. The van der Waals surface area contributed by atoms with Gasteiger partial charge in [-0.2, -0.15) is 0 Å². The summed E-state index contributed by atoms with van der Waals surface area (Å²) >= 11 is 0. The third-order valence-corrected chi connectivity index (χ3v) is 8.82. The first-order valence-corrected chi connectivity index (χ1v) is 14.2. The molecule has 0 bridgehead atoms. The topological polar surface area (TPSA) is 0 Å². The van der Waals surface area contributed by atoms with Crippen molar-refractivity contribution in [3.05, 3.63) is 0 Å². The molecule has 3 saturated carbocycles. The Kier molecular flexibility index (Phi) is 13.7. The highest BCUT2D eigenvalue weighted by Crippen LogP contribution is 2.39. The Hall–Kier alpha value is 0. The molecule has 0 heteroatoms. The summed E-state index contributed by atoms with van der Waals surface area (Å²) in [5.74, 6) is 5.39. The normalized spacial score (nSPS) is 27.8. The Morgan fingerprint density at radius 2 is 1.24 bits per heavy atom. The molecule has 0 nitrogen and oxygen atoms in total. The molecule has 3 aliphatic carbocycles. The molecule has 3 fully saturated rings. The highest BCUT2D eigenvalue weighted by molar-refractivity contribution is 4.78. The van der Waals surface area contributed by atoms with Crippen molar-refractivity contribution in [1.29, 1.82) is 0 Å². The van der Waals surface area contributed by atoms with Gasteiger partial charge in [0.25, 0.3) is 0 Å².